The zero-order valence-electron chi connectivity index (χ0n) is 10.9. The molecule has 3 rings (SSSR count). The molecular weight excluding hydrogens is 254 g/mol. The Morgan fingerprint density at radius 3 is 3.05 bits per heavy atom. The Hall–Kier alpha value is -2.87. The summed E-state index contributed by atoms with van der Waals surface area (Å²) in [7, 11) is 0. The molecule has 0 amide bonds. The molecule has 0 saturated carbocycles. The van der Waals surface area contributed by atoms with Crippen molar-refractivity contribution >= 4 is 11.2 Å². The van der Waals surface area contributed by atoms with Crippen molar-refractivity contribution in [2.24, 2.45) is 0 Å². The van der Waals surface area contributed by atoms with E-state index < -0.39 is 5.76 Å². The van der Waals surface area contributed by atoms with Crippen LogP contribution in [0.15, 0.2) is 39.8 Å². The first-order chi connectivity index (χ1) is 9.65. The average Bonchev–Trinajstić information content (AvgIpc) is 2.80. The van der Waals surface area contributed by atoms with Crippen LogP contribution >= 0.6 is 0 Å². The van der Waals surface area contributed by atoms with Gasteiger partial charge in [-0.25, -0.2) is 9.55 Å². The molecule has 0 aromatic carbocycles. The van der Waals surface area contributed by atoms with E-state index in [1.807, 2.05) is 29.8 Å². The molecule has 0 fully saturated rings. The molecule has 0 aliphatic carbocycles. The van der Waals surface area contributed by atoms with E-state index in [2.05, 4.69) is 15.9 Å². The van der Waals surface area contributed by atoms with Gasteiger partial charge in [0.1, 0.15) is 12.2 Å². The van der Waals surface area contributed by atoms with Gasteiger partial charge in [-0.15, -0.1) is 6.42 Å². The largest absolute Gasteiger partial charge is 0.510 e. The molecule has 0 saturated heterocycles. The molecular formula is C15H12N3O2+. The highest BCUT2D eigenvalue weighted by atomic mass is 16.4. The van der Waals surface area contributed by atoms with Crippen LogP contribution in [-0.4, -0.2) is 9.97 Å². The number of pyridine rings is 2. The molecule has 20 heavy (non-hydrogen) atoms. The van der Waals surface area contributed by atoms with Crippen LogP contribution < -0.4 is 10.3 Å². The van der Waals surface area contributed by atoms with Gasteiger partial charge in [0.05, 0.1) is 6.20 Å². The third-order valence-electron chi connectivity index (χ3n) is 2.99. The molecule has 0 unspecified atom stereocenters. The monoisotopic (exact) mass is 266 g/mol. The van der Waals surface area contributed by atoms with E-state index in [9.17, 15) is 4.79 Å². The van der Waals surface area contributed by atoms with Crippen molar-refractivity contribution in [3.63, 3.8) is 0 Å². The fourth-order valence-corrected chi connectivity index (χ4v) is 2.12. The quantitative estimate of drug-likeness (QED) is 0.559. The minimum Gasteiger partial charge on any atom is -0.383 e. The Bertz CT molecular complexity index is 867. The number of aryl methyl sites for hydroxylation is 1. The van der Waals surface area contributed by atoms with Crippen molar-refractivity contribution in [1.82, 2.24) is 9.97 Å². The van der Waals surface area contributed by atoms with E-state index in [-0.39, 0.29) is 0 Å². The Labute approximate surface area is 114 Å². The number of nitrogens with zero attached hydrogens (tertiary/aromatic N) is 2. The van der Waals surface area contributed by atoms with Gasteiger partial charge in [-0.05, 0) is 24.6 Å². The summed E-state index contributed by atoms with van der Waals surface area (Å²) < 4.78 is 7.01. The number of fused-ring (bicyclic) bond motifs is 1. The van der Waals surface area contributed by atoms with Crippen molar-refractivity contribution in [2.75, 3.05) is 0 Å². The average molecular weight is 266 g/mol. The van der Waals surface area contributed by atoms with E-state index in [0.29, 0.717) is 23.5 Å². The maximum atomic E-state index is 11.3. The first-order valence-corrected chi connectivity index (χ1v) is 6.10. The van der Waals surface area contributed by atoms with Gasteiger partial charge in [0, 0.05) is 11.8 Å². The van der Waals surface area contributed by atoms with Crippen LogP contribution in [0.2, 0.25) is 0 Å². The molecule has 3 heterocycles. The van der Waals surface area contributed by atoms with Crippen LogP contribution in [-0.2, 0) is 6.54 Å². The van der Waals surface area contributed by atoms with Gasteiger partial charge in [0.2, 0.25) is 5.58 Å². The van der Waals surface area contributed by atoms with E-state index in [4.69, 9.17) is 10.8 Å². The molecule has 98 valence electrons. The summed E-state index contributed by atoms with van der Waals surface area (Å²) in [5, 5.41) is 0. The highest BCUT2D eigenvalue weighted by molar-refractivity contribution is 5.63. The first kappa shape index (κ1) is 12.2. The number of H-pyrrole nitrogens is 1. The summed E-state index contributed by atoms with van der Waals surface area (Å²) in [4.78, 5) is 18.2. The second-order valence-corrected chi connectivity index (χ2v) is 4.57. The molecule has 0 atom stereocenters. The highest BCUT2D eigenvalue weighted by Crippen LogP contribution is 2.08. The van der Waals surface area contributed by atoms with Crippen molar-refractivity contribution in [3.8, 4) is 12.3 Å². The number of aromatic nitrogens is 3. The zero-order valence-corrected chi connectivity index (χ0v) is 10.9. The van der Waals surface area contributed by atoms with E-state index in [0.717, 1.165) is 11.1 Å². The normalized spacial score (nSPS) is 10.6. The standard InChI is InChI=1S/C15H11N3O2/c1-3-12-5-4-11(7-16-12)9-18-8-10(2)6-13-14(18)17-15(19)20-13/h1,4-8H,9H2,2H3/p+1. The van der Waals surface area contributed by atoms with Gasteiger partial charge >= 0.3 is 11.4 Å². The Morgan fingerprint density at radius 1 is 1.50 bits per heavy atom. The van der Waals surface area contributed by atoms with Crippen LogP contribution in [0.1, 0.15) is 16.8 Å². The fourth-order valence-electron chi connectivity index (χ4n) is 2.12. The number of hydrogen-bond acceptors (Lipinski definition) is 3. The molecule has 0 bridgehead atoms. The van der Waals surface area contributed by atoms with Crippen LogP contribution in [0.25, 0.3) is 11.2 Å². The maximum absolute atomic E-state index is 11.3. The van der Waals surface area contributed by atoms with Crippen molar-refractivity contribution in [2.45, 2.75) is 13.5 Å². The number of nitrogens with one attached hydrogen (secondary N) is 1. The van der Waals surface area contributed by atoms with Crippen molar-refractivity contribution < 1.29 is 8.98 Å². The van der Waals surface area contributed by atoms with Crippen LogP contribution in [0, 0.1) is 19.3 Å². The lowest BCUT2D eigenvalue weighted by molar-refractivity contribution is -0.664. The lowest BCUT2D eigenvalue weighted by Gasteiger charge is -2.02. The summed E-state index contributed by atoms with van der Waals surface area (Å²) in [6.45, 7) is 2.52. The summed E-state index contributed by atoms with van der Waals surface area (Å²) in [6.07, 6.45) is 8.96. The second-order valence-electron chi connectivity index (χ2n) is 4.57. The van der Waals surface area contributed by atoms with Crippen molar-refractivity contribution in [1.29, 1.82) is 0 Å². The summed E-state index contributed by atoms with van der Waals surface area (Å²) in [5.74, 6) is 2.02. The van der Waals surface area contributed by atoms with E-state index in [1.165, 1.54) is 0 Å². The predicted molar refractivity (Wildman–Crippen MR) is 73.0 cm³/mol. The first-order valence-electron chi connectivity index (χ1n) is 6.10. The Balaban J connectivity index is 2.05. The lowest BCUT2D eigenvalue weighted by Crippen LogP contribution is -2.35. The lowest BCUT2D eigenvalue weighted by atomic mass is 10.2. The van der Waals surface area contributed by atoms with Gasteiger partial charge < -0.3 is 4.42 Å². The smallest absolute Gasteiger partial charge is 0.383 e. The van der Waals surface area contributed by atoms with Gasteiger partial charge in [0.25, 0.3) is 0 Å². The van der Waals surface area contributed by atoms with Gasteiger partial charge in [-0.3, -0.25) is 0 Å². The van der Waals surface area contributed by atoms with Crippen LogP contribution in [0.3, 0.4) is 0 Å². The molecule has 0 aliphatic rings. The second kappa shape index (κ2) is 4.67. The van der Waals surface area contributed by atoms with Crippen molar-refractivity contribution in [3.05, 3.63) is 58.0 Å². The van der Waals surface area contributed by atoms with Crippen LogP contribution in [0.5, 0.6) is 0 Å². The molecule has 3 aromatic heterocycles. The SMILES string of the molecule is C#Cc1ccc(C[n+]2cc(C)cc3oc(=O)[nH]c32)cn1. The third-order valence-corrected chi connectivity index (χ3v) is 2.99. The molecule has 0 spiro atoms. The van der Waals surface area contributed by atoms with E-state index >= 15 is 0 Å². The highest BCUT2D eigenvalue weighted by Gasteiger charge is 2.14. The summed E-state index contributed by atoms with van der Waals surface area (Å²) >= 11 is 0. The number of rotatable bonds is 2. The summed E-state index contributed by atoms with van der Waals surface area (Å²) in [5.41, 5.74) is 3.80. The Morgan fingerprint density at radius 2 is 2.35 bits per heavy atom. The van der Waals surface area contributed by atoms with E-state index in [1.54, 1.807) is 12.3 Å². The minimum absolute atomic E-state index is 0.458. The minimum atomic E-state index is -0.458. The number of terminal acetylenes is 1. The number of hydrogen-bond donors (Lipinski definition) is 1. The predicted octanol–water partition coefficient (Wildman–Crippen LogP) is 1.14. The van der Waals surface area contributed by atoms with Gasteiger partial charge in [0.15, 0.2) is 0 Å². The molecule has 5 heteroatoms. The topological polar surface area (TPSA) is 62.8 Å². The van der Waals surface area contributed by atoms with Gasteiger partial charge in [-0.2, -0.15) is 9.78 Å². The maximum Gasteiger partial charge on any atom is 0.510 e. The summed E-state index contributed by atoms with van der Waals surface area (Å²) in [6, 6.07) is 5.53. The molecule has 5 nitrogen and oxygen atoms in total. The number of aromatic amines is 1. The Kier molecular flexibility index (Phi) is 2.84. The van der Waals surface area contributed by atoms with Gasteiger partial charge in [-0.1, -0.05) is 12.0 Å². The fraction of sp³-hybridized carbons (Fsp3) is 0.133. The van der Waals surface area contributed by atoms with Crippen LogP contribution in [0.4, 0.5) is 0 Å². The molecule has 0 radical (unpaired) electrons. The molecule has 3 aromatic rings. The molecule has 1 N–H and O–H groups in total. The zero-order chi connectivity index (χ0) is 14.1. The third kappa shape index (κ3) is 2.19. The molecule has 0 aliphatic heterocycles. The number of oxazole rings is 1.